The number of hydrogen-bond acceptors (Lipinski definition) is 4. The molecule has 0 spiro atoms. The number of nitrogens with zero attached hydrogens (tertiary/aromatic N) is 1. The highest BCUT2D eigenvalue weighted by molar-refractivity contribution is 5.79. The van der Waals surface area contributed by atoms with E-state index in [0.29, 0.717) is 13.2 Å². The highest BCUT2D eigenvalue weighted by atomic mass is 16.5. The first-order chi connectivity index (χ1) is 7.40. The van der Waals surface area contributed by atoms with E-state index in [0.717, 1.165) is 16.7 Å². The van der Waals surface area contributed by atoms with Crippen molar-refractivity contribution >= 4 is 10.9 Å². The molecule has 0 amide bonds. The van der Waals surface area contributed by atoms with Gasteiger partial charge in [0.15, 0.2) is 0 Å². The van der Waals surface area contributed by atoms with E-state index >= 15 is 0 Å². The Bertz CT molecular complexity index is 445. The van der Waals surface area contributed by atoms with Crippen LogP contribution in [0.5, 0.6) is 5.75 Å². The third kappa shape index (κ3) is 2.43. The molecule has 0 fully saturated rings. The fourth-order valence-corrected chi connectivity index (χ4v) is 1.37. The van der Waals surface area contributed by atoms with Crippen LogP contribution in [0.2, 0.25) is 0 Å². The van der Waals surface area contributed by atoms with Crippen LogP contribution in [0.25, 0.3) is 10.9 Å². The fraction of sp³-hybridized carbons (Fsp3) is 0.182. The van der Waals surface area contributed by atoms with E-state index < -0.39 is 0 Å². The average molecular weight is 203 g/mol. The molecule has 0 saturated carbocycles. The number of aromatic nitrogens is 1. The SMILES string of the molecule is NNCCOc1ccc2ncccc2c1. The Labute approximate surface area is 88.0 Å². The Morgan fingerprint density at radius 3 is 3.13 bits per heavy atom. The molecular weight excluding hydrogens is 190 g/mol. The number of nitrogens with two attached hydrogens (primary N) is 1. The molecule has 2 aromatic rings. The lowest BCUT2D eigenvalue weighted by atomic mass is 10.2. The van der Waals surface area contributed by atoms with Gasteiger partial charge in [-0.2, -0.15) is 0 Å². The molecule has 0 saturated heterocycles. The summed E-state index contributed by atoms with van der Waals surface area (Å²) in [6, 6.07) is 9.75. The molecule has 1 aromatic heterocycles. The zero-order valence-corrected chi connectivity index (χ0v) is 8.31. The van der Waals surface area contributed by atoms with Crippen LogP contribution in [0, 0.1) is 0 Å². The lowest BCUT2D eigenvalue weighted by molar-refractivity contribution is 0.315. The summed E-state index contributed by atoms with van der Waals surface area (Å²) in [6.07, 6.45) is 1.78. The van der Waals surface area contributed by atoms with Crippen LogP contribution >= 0.6 is 0 Å². The number of ether oxygens (including phenoxy) is 1. The van der Waals surface area contributed by atoms with Crippen molar-refractivity contribution in [2.45, 2.75) is 0 Å². The van der Waals surface area contributed by atoms with Crippen molar-refractivity contribution < 1.29 is 4.74 Å². The molecule has 1 heterocycles. The number of benzene rings is 1. The first-order valence-corrected chi connectivity index (χ1v) is 4.81. The van der Waals surface area contributed by atoms with Gasteiger partial charge in [0.2, 0.25) is 0 Å². The first-order valence-electron chi connectivity index (χ1n) is 4.81. The maximum absolute atomic E-state index is 5.48. The van der Waals surface area contributed by atoms with Gasteiger partial charge in [0.1, 0.15) is 12.4 Å². The van der Waals surface area contributed by atoms with Gasteiger partial charge in [-0.15, -0.1) is 0 Å². The molecule has 0 aliphatic carbocycles. The molecule has 0 radical (unpaired) electrons. The predicted molar refractivity (Wildman–Crippen MR) is 59.4 cm³/mol. The zero-order chi connectivity index (χ0) is 10.5. The molecule has 4 nitrogen and oxygen atoms in total. The molecule has 0 aliphatic heterocycles. The summed E-state index contributed by atoms with van der Waals surface area (Å²) in [4.78, 5) is 4.23. The maximum atomic E-state index is 5.48. The quantitative estimate of drug-likeness (QED) is 0.443. The molecular formula is C11H13N3O. The van der Waals surface area contributed by atoms with Crippen molar-refractivity contribution in [3.8, 4) is 5.75 Å². The molecule has 3 N–H and O–H groups in total. The minimum atomic E-state index is 0.558. The Morgan fingerprint density at radius 1 is 1.33 bits per heavy atom. The second-order valence-electron chi connectivity index (χ2n) is 3.16. The molecule has 4 heteroatoms. The number of hydrazine groups is 1. The normalized spacial score (nSPS) is 10.5. The Kier molecular flexibility index (Phi) is 3.11. The summed E-state index contributed by atoms with van der Waals surface area (Å²) in [6.45, 7) is 1.19. The van der Waals surface area contributed by atoms with E-state index in [1.54, 1.807) is 6.20 Å². The summed E-state index contributed by atoms with van der Waals surface area (Å²) in [5, 5.41) is 1.08. The molecule has 15 heavy (non-hydrogen) atoms. The van der Waals surface area contributed by atoms with Crippen LogP contribution in [0.15, 0.2) is 36.5 Å². The third-order valence-corrected chi connectivity index (χ3v) is 2.09. The summed E-state index contributed by atoms with van der Waals surface area (Å²) < 4.78 is 5.48. The summed E-state index contributed by atoms with van der Waals surface area (Å²) in [5.74, 6) is 5.98. The van der Waals surface area contributed by atoms with E-state index in [2.05, 4.69) is 10.4 Å². The number of nitrogens with one attached hydrogen (secondary N) is 1. The van der Waals surface area contributed by atoms with Gasteiger partial charge < -0.3 is 4.74 Å². The number of pyridine rings is 1. The standard InChI is InChI=1S/C11H13N3O/c12-14-6-7-15-10-3-4-11-9(8-10)2-1-5-13-11/h1-5,8,14H,6-7,12H2. The van der Waals surface area contributed by atoms with Crippen LogP contribution in [0.1, 0.15) is 0 Å². The lowest BCUT2D eigenvalue weighted by Crippen LogP contribution is -2.27. The largest absolute Gasteiger partial charge is 0.492 e. The Balaban J connectivity index is 2.16. The van der Waals surface area contributed by atoms with Gasteiger partial charge in [-0.05, 0) is 24.3 Å². The van der Waals surface area contributed by atoms with E-state index in [4.69, 9.17) is 10.6 Å². The van der Waals surface area contributed by atoms with Crippen molar-refractivity contribution in [3.63, 3.8) is 0 Å². The second-order valence-corrected chi connectivity index (χ2v) is 3.16. The predicted octanol–water partition coefficient (Wildman–Crippen LogP) is 1.08. The summed E-state index contributed by atoms with van der Waals surface area (Å²) in [5.41, 5.74) is 3.51. The van der Waals surface area contributed by atoms with E-state index in [-0.39, 0.29) is 0 Å². The molecule has 1 aromatic carbocycles. The van der Waals surface area contributed by atoms with Crippen molar-refractivity contribution in [2.75, 3.05) is 13.2 Å². The first kappa shape index (κ1) is 9.89. The van der Waals surface area contributed by atoms with Gasteiger partial charge in [-0.1, -0.05) is 6.07 Å². The molecule has 0 aliphatic rings. The topological polar surface area (TPSA) is 60.2 Å². The van der Waals surface area contributed by atoms with Gasteiger partial charge in [0.25, 0.3) is 0 Å². The molecule has 2 rings (SSSR count). The molecule has 0 unspecified atom stereocenters. The highest BCUT2D eigenvalue weighted by Crippen LogP contribution is 2.18. The Hall–Kier alpha value is -1.65. The summed E-state index contributed by atoms with van der Waals surface area (Å²) in [7, 11) is 0. The molecule has 0 atom stereocenters. The summed E-state index contributed by atoms with van der Waals surface area (Å²) >= 11 is 0. The average Bonchev–Trinajstić information content (AvgIpc) is 2.29. The van der Waals surface area contributed by atoms with Crippen LogP contribution in [-0.2, 0) is 0 Å². The number of hydrogen-bond donors (Lipinski definition) is 2. The van der Waals surface area contributed by atoms with Crippen molar-refractivity contribution in [3.05, 3.63) is 36.5 Å². The molecule has 78 valence electrons. The van der Waals surface area contributed by atoms with Gasteiger partial charge in [-0.25, -0.2) is 0 Å². The van der Waals surface area contributed by atoms with E-state index in [9.17, 15) is 0 Å². The second kappa shape index (κ2) is 4.72. The maximum Gasteiger partial charge on any atom is 0.120 e. The Morgan fingerprint density at radius 2 is 2.27 bits per heavy atom. The number of fused-ring (bicyclic) bond motifs is 1. The van der Waals surface area contributed by atoms with Gasteiger partial charge in [0.05, 0.1) is 5.52 Å². The lowest BCUT2D eigenvalue weighted by Gasteiger charge is -2.06. The van der Waals surface area contributed by atoms with Crippen molar-refractivity contribution in [1.82, 2.24) is 10.4 Å². The van der Waals surface area contributed by atoms with Crippen LogP contribution in [0.3, 0.4) is 0 Å². The van der Waals surface area contributed by atoms with Crippen LogP contribution < -0.4 is 16.0 Å². The van der Waals surface area contributed by atoms with Crippen molar-refractivity contribution in [1.29, 1.82) is 0 Å². The molecule has 0 bridgehead atoms. The smallest absolute Gasteiger partial charge is 0.120 e. The van der Waals surface area contributed by atoms with Gasteiger partial charge in [-0.3, -0.25) is 16.3 Å². The fourth-order valence-electron chi connectivity index (χ4n) is 1.37. The van der Waals surface area contributed by atoms with Crippen LogP contribution in [0.4, 0.5) is 0 Å². The minimum absolute atomic E-state index is 0.558. The van der Waals surface area contributed by atoms with E-state index in [1.165, 1.54) is 0 Å². The van der Waals surface area contributed by atoms with Gasteiger partial charge in [0, 0.05) is 18.1 Å². The van der Waals surface area contributed by atoms with Crippen LogP contribution in [-0.4, -0.2) is 18.1 Å². The van der Waals surface area contributed by atoms with Crippen molar-refractivity contribution in [2.24, 2.45) is 5.84 Å². The third-order valence-electron chi connectivity index (χ3n) is 2.09. The monoisotopic (exact) mass is 203 g/mol. The zero-order valence-electron chi connectivity index (χ0n) is 8.31. The minimum Gasteiger partial charge on any atom is -0.492 e. The van der Waals surface area contributed by atoms with Gasteiger partial charge >= 0.3 is 0 Å². The van der Waals surface area contributed by atoms with E-state index in [1.807, 2.05) is 30.3 Å². The highest BCUT2D eigenvalue weighted by Gasteiger charge is 1.96. The number of rotatable bonds is 4.